The molecule has 0 radical (unpaired) electrons. The van der Waals surface area contributed by atoms with Crippen LogP contribution in [0.15, 0.2) is 44.5 Å². The molecule has 0 amide bonds. The standard InChI is InChI=1S/C14H15BrFN3S.HI/c1-17-14(18-7-10-4-5-20-9-10)19-8-11-2-3-12(15)6-13(11)16;/h2-6,9H,7-8H2,1H3,(H2,17,18,19);1H. The Morgan fingerprint density at radius 1 is 1.29 bits per heavy atom. The van der Waals surface area contributed by atoms with Crippen LogP contribution >= 0.6 is 51.2 Å². The van der Waals surface area contributed by atoms with E-state index in [-0.39, 0.29) is 29.8 Å². The first kappa shape index (κ1) is 18.4. The molecule has 1 heterocycles. The Hall–Kier alpha value is -0.670. The zero-order chi connectivity index (χ0) is 14.4. The molecule has 0 aliphatic heterocycles. The van der Waals surface area contributed by atoms with Crippen molar-refractivity contribution in [3.05, 3.63) is 56.4 Å². The lowest BCUT2D eigenvalue weighted by molar-refractivity contribution is 0.604. The molecule has 0 saturated carbocycles. The second-order valence-electron chi connectivity index (χ2n) is 4.15. The maximum absolute atomic E-state index is 13.7. The lowest BCUT2D eigenvalue weighted by atomic mass is 10.2. The third-order valence-electron chi connectivity index (χ3n) is 2.73. The van der Waals surface area contributed by atoms with Crippen LogP contribution in [0.5, 0.6) is 0 Å². The van der Waals surface area contributed by atoms with Gasteiger partial charge < -0.3 is 10.6 Å². The largest absolute Gasteiger partial charge is 0.352 e. The SMILES string of the molecule is CN=C(NCc1ccsc1)NCc1ccc(Br)cc1F.I. The number of nitrogens with zero attached hydrogens (tertiary/aromatic N) is 1. The summed E-state index contributed by atoms with van der Waals surface area (Å²) in [4.78, 5) is 4.12. The number of aliphatic imine (C=N–C) groups is 1. The number of hydrogen-bond acceptors (Lipinski definition) is 2. The number of guanidine groups is 1. The van der Waals surface area contributed by atoms with E-state index in [4.69, 9.17) is 0 Å². The normalized spacial score (nSPS) is 10.9. The van der Waals surface area contributed by atoms with Gasteiger partial charge in [0.1, 0.15) is 5.82 Å². The molecular formula is C14H16BrFIN3S. The van der Waals surface area contributed by atoms with Crippen molar-refractivity contribution in [1.82, 2.24) is 10.6 Å². The molecule has 0 bridgehead atoms. The first-order valence-corrected chi connectivity index (χ1v) is 7.82. The first-order valence-electron chi connectivity index (χ1n) is 6.08. The molecule has 0 fully saturated rings. The molecule has 7 heteroatoms. The zero-order valence-corrected chi connectivity index (χ0v) is 16.1. The van der Waals surface area contributed by atoms with Gasteiger partial charge in [0.25, 0.3) is 0 Å². The van der Waals surface area contributed by atoms with E-state index < -0.39 is 0 Å². The van der Waals surface area contributed by atoms with Crippen molar-refractivity contribution >= 4 is 57.2 Å². The minimum absolute atomic E-state index is 0. The highest BCUT2D eigenvalue weighted by Gasteiger charge is 2.04. The number of nitrogens with one attached hydrogen (secondary N) is 2. The molecule has 0 spiro atoms. The maximum Gasteiger partial charge on any atom is 0.191 e. The van der Waals surface area contributed by atoms with Crippen molar-refractivity contribution < 1.29 is 4.39 Å². The summed E-state index contributed by atoms with van der Waals surface area (Å²) in [6, 6.07) is 7.08. The van der Waals surface area contributed by atoms with E-state index in [2.05, 4.69) is 43.0 Å². The zero-order valence-electron chi connectivity index (χ0n) is 11.4. The molecule has 0 atom stereocenters. The maximum atomic E-state index is 13.7. The van der Waals surface area contributed by atoms with Gasteiger partial charge in [-0.2, -0.15) is 11.3 Å². The van der Waals surface area contributed by atoms with Crippen molar-refractivity contribution in [2.45, 2.75) is 13.1 Å². The van der Waals surface area contributed by atoms with Crippen LogP contribution in [0, 0.1) is 5.82 Å². The van der Waals surface area contributed by atoms with Crippen LogP contribution in [0.1, 0.15) is 11.1 Å². The van der Waals surface area contributed by atoms with E-state index >= 15 is 0 Å². The van der Waals surface area contributed by atoms with Gasteiger partial charge in [0.15, 0.2) is 5.96 Å². The molecule has 0 aliphatic rings. The summed E-state index contributed by atoms with van der Waals surface area (Å²) >= 11 is 4.90. The van der Waals surface area contributed by atoms with Crippen molar-refractivity contribution in [2.75, 3.05) is 7.05 Å². The fourth-order valence-corrected chi connectivity index (χ4v) is 2.65. The van der Waals surface area contributed by atoms with Crippen LogP contribution in [0.25, 0.3) is 0 Å². The summed E-state index contributed by atoms with van der Waals surface area (Å²) < 4.78 is 14.4. The van der Waals surface area contributed by atoms with E-state index in [9.17, 15) is 4.39 Å². The van der Waals surface area contributed by atoms with Gasteiger partial charge in [-0.1, -0.05) is 22.0 Å². The summed E-state index contributed by atoms with van der Waals surface area (Å²) in [6.45, 7) is 1.09. The van der Waals surface area contributed by atoms with E-state index in [1.54, 1.807) is 24.5 Å². The predicted octanol–water partition coefficient (Wildman–Crippen LogP) is 4.13. The monoisotopic (exact) mass is 483 g/mol. The second-order valence-corrected chi connectivity index (χ2v) is 5.84. The third-order valence-corrected chi connectivity index (χ3v) is 3.95. The summed E-state index contributed by atoms with van der Waals surface area (Å²) in [5.41, 5.74) is 1.81. The van der Waals surface area contributed by atoms with E-state index in [1.807, 2.05) is 11.4 Å². The van der Waals surface area contributed by atoms with Gasteiger partial charge in [-0.15, -0.1) is 24.0 Å². The smallest absolute Gasteiger partial charge is 0.191 e. The third kappa shape index (κ3) is 5.91. The van der Waals surface area contributed by atoms with Gasteiger partial charge in [0, 0.05) is 30.2 Å². The van der Waals surface area contributed by atoms with Crippen LogP contribution in [0.4, 0.5) is 4.39 Å². The topological polar surface area (TPSA) is 36.4 Å². The Morgan fingerprint density at radius 2 is 2.05 bits per heavy atom. The second kappa shape index (κ2) is 9.37. The number of halogens is 3. The molecule has 2 N–H and O–H groups in total. The summed E-state index contributed by atoms with van der Waals surface area (Å²) in [7, 11) is 1.70. The van der Waals surface area contributed by atoms with E-state index in [0.29, 0.717) is 24.6 Å². The summed E-state index contributed by atoms with van der Waals surface area (Å²) in [5.74, 6) is 0.415. The Balaban J connectivity index is 0.00000220. The molecule has 3 nitrogen and oxygen atoms in total. The van der Waals surface area contributed by atoms with E-state index in [0.717, 1.165) is 4.47 Å². The summed E-state index contributed by atoms with van der Waals surface area (Å²) in [5, 5.41) is 10.4. The van der Waals surface area contributed by atoms with Gasteiger partial charge in [0.05, 0.1) is 0 Å². The van der Waals surface area contributed by atoms with Gasteiger partial charge in [-0.05, 0) is 34.5 Å². The van der Waals surface area contributed by atoms with E-state index in [1.165, 1.54) is 11.6 Å². The Morgan fingerprint density at radius 3 is 2.67 bits per heavy atom. The lowest BCUT2D eigenvalue weighted by Crippen LogP contribution is -2.36. The number of thiophene rings is 1. The van der Waals surface area contributed by atoms with Crippen LogP contribution in [-0.4, -0.2) is 13.0 Å². The fourth-order valence-electron chi connectivity index (χ4n) is 1.64. The molecule has 114 valence electrons. The number of benzene rings is 1. The molecule has 0 saturated heterocycles. The molecule has 0 unspecified atom stereocenters. The number of rotatable bonds is 4. The van der Waals surface area contributed by atoms with Crippen LogP contribution in [-0.2, 0) is 13.1 Å². The average molecular weight is 484 g/mol. The molecule has 1 aromatic heterocycles. The minimum atomic E-state index is -0.236. The fraction of sp³-hybridized carbons (Fsp3) is 0.214. The molecule has 1 aromatic carbocycles. The molecule has 21 heavy (non-hydrogen) atoms. The Labute approximate surface area is 153 Å². The van der Waals surface area contributed by atoms with Gasteiger partial charge in [-0.3, -0.25) is 4.99 Å². The lowest BCUT2D eigenvalue weighted by Gasteiger charge is -2.12. The Bertz CT molecular complexity index is 590. The minimum Gasteiger partial charge on any atom is -0.352 e. The molecular weight excluding hydrogens is 468 g/mol. The van der Waals surface area contributed by atoms with Gasteiger partial charge in [-0.25, -0.2) is 4.39 Å². The highest BCUT2D eigenvalue weighted by Crippen LogP contribution is 2.15. The van der Waals surface area contributed by atoms with Crippen molar-refractivity contribution in [1.29, 1.82) is 0 Å². The van der Waals surface area contributed by atoms with Crippen LogP contribution in [0.2, 0.25) is 0 Å². The molecule has 2 rings (SSSR count). The molecule has 0 aliphatic carbocycles. The van der Waals surface area contributed by atoms with Crippen LogP contribution < -0.4 is 10.6 Å². The highest BCUT2D eigenvalue weighted by molar-refractivity contribution is 14.0. The van der Waals surface area contributed by atoms with Gasteiger partial charge >= 0.3 is 0 Å². The van der Waals surface area contributed by atoms with Crippen molar-refractivity contribution in [2.24, 2.45) is 4.99 Å². The molecule has 2 aromatic rings. The summed E-state index contributed by atoms with van der Waals surface area (Å²) in [6.07, 6.45) is 0. The van der Waals surface area contributed by atoms with Crippen molar-refractivity contribution in [3.63, 3.8) is 0 Å². The highest BCUT2D eigenvalue weighted by atomic mass is 127. The van der Waals surface area contributed by atoms with Gasteiger partial charge in [0.2, 0.25) is 0 Å². The van der Waals surface area contributed by atoms with Crippen molar-refractivity contribution in [3.8, 4) is 0 Å². The average Bonchev–Trinajstić information content (AvgIpc) is 2.94. The Kier molecular flexibility index (Phi) is 8.20. The first-order chi connectivity index (χ1) is 9.69. The predicted molar refractivity (Wildman–Crippen MR) is 101 cm³/mol. The quantitative estimate of drug-likeness (QED) is 0.389. The number of hydrogen-bond donors (Lipinski definition) is 2. The van der Waals surface area contributed by atoms with Crippen LogP contribution in [0.3, 0.4) is 0 Å².